The molecule has 1 N–H and O–H groups in total. The van der Waals surface area contributed by atoms with Crippen molar-refractivity contribution in [3.8, 4) is 0 Å². The van der Waals surface area contributed by atoms with E-state index in [1.54, 1.807) is 12.1 Å². The van der Waals surface area contributed by atoms with Crippen LogP contribution in [0.5, 0.6) is 0 Å². The predicted molar refractivity (Wildman–Crippen MR) is 81.3 cm³/mol. The van der Waals surface area contributed by atoms with Crippen molar-refractivity contribution in [3.05, 3.63) is 33.9 Å². The summed E-state index contributed by atoms with van der Waals surface area (Å²) in [5.41, 5.74) is 2.26. The van der Waals surface area contributed by atoms with Crippen LogP contribution in [-0.2, 0) is 0 Å². The lowest BCUT2D eigenvalue weighted by Gasteiger charge is -2.31. The van der Waals surface area contributed by atoms with Gasteiger partial charge in [0.2, 0.25) is 0 Å². The number of nitro benzene ring substituents is 1. The van der Waals surface area contributed by atoms with Gasteiger partial charge in [0.05, 0.1) is 4.92 Å². The van der Waals surface area contributed by atoms with Crippen LogP contribution in [0, 0.1) is 23.0 Å². The van der Waals surface area contributed by atoms with Gasteiger partial charge in [-0.1, -0.05) is 0 Å². The molecule has 1 heterocycles. The largest absolute Gasteiger partial charge is 0.371 e. The number of rotatable bonds is 5. The molecule has 1 unspecified atom stereocenters. The lowest BCUT2D eigenvalue weighted by molar-refractivity contribution is -0.384. The summed E-state index contributed by atoms with van der Waals surface area (Å²) in [5, 5.41) is 14.2. The number of benzene rings is 1. The smallest absolute Gasteiger partial charge is 0.269 e. The van der Waals surface area contributed by atoms with E-state index in [1.165, 1.54) is 12.8 Å². The molecule has 0 saturated carbocycles. The van der Waals surface area contributed by atoms with Crippen LogP contribution in [0.2, 0.25) is 0 Å². The van der Waals surface area contributed by atoms with Gasteiger partial charge in [-0.15, -0.1) is 0 Å². The molecule has 0 aromatic heterocycles. The van der Waals surface area contributed by atoms with E-state index >= 15 is 0 Å². The molecule has 1 aromatic carbocycles. The number of nitro groups is 1. The van der Waals surface area contributed by atoms with Crippen molar-refractivity contribution in [3.63, 3.8) is 0 Å². The van der Waals surface area contributed by atoms with E-state index in [4.69, 9.17) is 0 Å². The molecule has 1 aliphatic heterocycles. The quantitative estimate of drug-likeness (QED) is 0.664. The first-order valence-electron chi connectivity index (χ1n) is 7.32. The molecular weight excluding hydrogens is 254 g/mol. The molecule has 20 heavy (non-hydrogen) atoms. The monoisotopic (exact) mass is 277 g/mol. The van der Waals surface area contributed by atoms with Crippen LogP contribution in [0.1, 0.15) is 25.3 Å². The van der Waals surface area contributed by atoms with Gasteiger partial charge in [0.15, 0.2) is 0 Å². The average molecular weight is 277 g/mol. The fraction of sp³-hybridized carbons (Fsp3) is 0.600. The molecule has 2 rings (SSSR count). The number of hydrogen-bond donors (Lipinski definition) is 1. The number of non-ortho nitro benzene ring substituents is 1. The Kier molecular flexibility index (Phi) is 4.95. The van der Waals surface area contributed by atoms with Crippen molar-refractivity contribution < 1.29 is 4.92 Å². The summed E-state index contributed by atoms with van der Waals surface area (Å²) in [6.45, 7) is 8.22. The molecule has 1 saturated heterocycles. The van der Waals surface area contributed by atoms with Gasteiger partial charge in [-0.05, 0) is 57.3 Å². The van der Waals surface area contributed by atoms with Gasteiger partial charge >= 0.3 is 0 Å². The maximum atomic E-state index is 10.8. The number of hydrogen-bond acceptors (Lipinski definition) is 4. The zero-order valence-electron chi connectivity index (χ0n) is 12.3. The zero-order chi connectivity index (χ0) is 14.5. The van der Waals surface area contributed by atoms with E-state index in [1.807, 2.05) is 13.0 Å². The van der Waals surface area contributed by atoms with E-state index in [0.29, 0.717) is 5.92 Å². The second kappa shape index (κ2) is 6.70. The summed E-state index contributed by atoms with van der Waals surface area (Å²) in [4.78, 5) is 12.8. The summed E-state index contributed by atoms with van der Waals surface area (Å²) >= 11 is 0. The van der Waals surface area contributed by atoms with Crippen LogP contribution >= 0.6 is 0 Å². The van der Waals surface area contributed by atoms with Crippen molar-refractivity contribution in [1.82, 2.24) is 5.32 Å². The molecule has 1 atom stereocenters. The highest BCUT2D eigenvalue weighted by atomic mass is 16.6. The highest BCUT2D eigenvalue weighted by Gasteiger charge is 2.18. The Balaban J connectivity index is 2.12. The van der Waals surface area contributed by atoms with E-state index in [2.05, 4.69) is 17.1 Å². The number of nitrogens with zero attached hydrogens (tertiary/aromatic N) is 2. The summed E-state index contributed by atoms with van der Waals surface area (Å²) in [6.07, 6.45) is 2.50. The van der Waals surface area contributed by atoms with Crippen molar-refractivity contribution >= 4 is 11.4 Å². The molecule has 1 aliphatic rings. The van der Waals surface area contributed by atoms with Gasteiger partial charge in [0.1, 0.15) is 0 Å². The lowest BCUT2D eigenvalue weighted by atomic mass is 9.98. The van der Waals surface area contributed by atoms with Gasteiger partial charge in [-0.2, -0.15) is 0 Å². The predicted octanol–water partition coefficient (Wildman–Crippen LogP) is 2.73. The maximum absolute atomic E-state index is 10.8. The molecule has 0 spiro atoms. The highest BCUT2D eigenvalue weighted by Crippen LogP contribution is 2.26. The van der Waals surface area contributed by atoms with Crippen molar-refractivity contribution in [2.24, 2.45) is 5.92 Å². The van der Waals surface area contributed by atoms with Crippen molar-refractivity contribution in [1.29, 1.82) is 0 Å². The molecule has 0 bridgehead atoms. The van der Waals surface area contributed by atoms with Gasteiger partial charge in [0, 0.05) is 30.9 Å². The minimum Gasteiger partial charge on any atom is -0.371 e. The summed E-state index contributed by atoms with van der Waals surface area (Å²) in [5.74, 6) is 0.665. The summed E-state index contributed by atoms with van der Waals surface area (Å²) < 4.78 is 0. The van der Waals surface area contributed by atoms with Crippen LogP contribution in [-0.4, -0.2) is 31.1 Å². The van der Waals surface area contributed by atoms with Crippen LogP contribution in [0.25, 0.3) is 0 Å². The first-order valence-corrected chi connectivity index (χ1v) is 7.32. The van der Waals surface area contributed by atoms with Gasteiger partial charge in [-0.25, -0.2) is 0 Å². The Hall–Kier alpha value is -1.62. The first-order chi connectivity index (χ1) is 9.61. The van der Waals surface area contributed by atoms with Crippen LogP contribution in [0.3, 0.4) is 0 Å². The van der Waals surface area contributed by atoms with E-state index in [9.17, 15) is 10.1 Å². The number of aryl methyl sites for hydroxylation is 1. The minimum atomic E-state index is -0.335. The normalized spacial score (nSPS) is 18.8. The molecule has 0 radical (unpaired) electrons. The Labute approximate surface area is 120 Å². The fourth-order valence-electron chi connectivity index (χ4n) is 2.90. The van der Waals surface area contributed by atoms with Crippen LogP contribution in [0.15, 0.2) is 18.2 Å². The lowest BCUT2D eigenvalue weighted by Crippen LogP contribution is -2.38. The zero-order valence-corrected chi connectivity index (χ0v) is 12.3. The van der Waals surface area contributed by atoms with Crippen molar-refractivity contribution in [2.75, 3.05) is 31.1 Å². The van der Waals surface area contributed by atoms with Gasteiger partial charge in [0.25, 0.3) is 5.69 Å². The number of nitrogens with one attached hydrogen (secondary N) is 1. The maximum Gasteiger partial charge on any atom is 0.269 e. The molecule has 110 valence electrons. The first kappa shape index (κ1) is 14.8. The second-order valence-corrected chi connectivity index (χ2v) is 5.48. The highest BCUT2D eigenvalue weighted by molar-refractivity contribution is 5.57. The molecule has 1 aromatic rings. The Morgan fingerprint density at radius 2 is 2.30 bits per heavy atom. The van der Waals surface area contributed by atoms with E-state index < -0.39 is 0 Å². The SMILES string of the molecule is CCN(CC1CCCNC1)c1ccc([N+](=O)[O-])cc1C. The standard InChI is InChI=1S/C15H23N3O2/c1-3-17(11-13-5-4-8-16-10-13)15-7-6-14(18(19)20)9-12(15)2/h6-7,9,13,16H,3-5,8,10-11H2,1-2H3. The summed E-state index contributed by atoms with van der Waals surface area (Å²) in [6, 6.07) is 5.15. The number of anilines is 1. The topological polar surface area (TPSA) is 58.4 Å². The molecule has 5 nitrogen and oxygen atoms in total. The Morgan fingerprint density at radius 1 is 1.50 bits per heavy atom. The van der Waals surface area contributed by atoms with Crippen LogP contribution < -0.4 is 10.2 Å². The minimum absolute atomic E-state index is 0.168. The fourth-order valence-corrected chi connectivity index (χ4v) is 2.90. The molecule has 0 amide bonds. The third-order valence-electron chi connectivity index (χ3n) is 3.99. The molecule has 1 fully saturated rings. The second-order valence-electron chi connectivity index (χ2n) is 5.48. The van der Waals surface area contributed by atoms with Gasteiger partial charge < -0.3 is 10.2 Å². The van der Waals surface area contributed by atoms with Crippen LogP contribution in [0.4, 0.5) is 11.4 Å². The molecule has 0 aliphatic carbocycles. The van der Waals surface area contributed by atoms with E-state index in [0.717, 1.165) is 37.4 Å². The van der Waals surface area contributed by atoms with Gasteiger partial charge in [-0.3, -0.25) is 10.1 Å². The Morgan fingerprint density at radius 3 is 2.85 bits per heavy atom. The molecular formula is C15H23N3O2. The van der Waals surface area contributed by atoms with Crippen molar-refractivity contribution in [2.45, 2.75) is 26.7 Å². The molecule has 5 heteroatoms. The Bertz CT molecular complexity index is 470. The van der Waals surface area contributed by atoms with E-state index in [-0.39, 0.29) is 10.6 Å². The average Bonchev–Trinajstić information content (AvgIpc) is 2.46. The third kappa shape index (κ3) is 3.48. The summed E-state index contributed by atoms with van der Waals surface area (Å²) in [7, 11) is 0. The third-order valence-corrected chi connectivity index (χ3v) is 3.99. The number of piperidine rings is 1.